The first-order chi connectivity index (χ1) is 8.80. The molecule has 0 aromatic heterocycles. The number of rotatable bonds is 2. The smallest absolute Gasteiger partial charge is 0.227 e. The van der Waals surface area contributed by atoms with Crippen LogP contribution in [0.5, 0.6) is 0 Å². The lowest BCUT2D eigenvalue weighted by Crippen LogP contribution is -2.30. The number of carbonyl (C=O) groups is 1. The molecule has 1 fully saturated rings. The summed E-state index contributed by atoms with van der Waals surface area (Å²) in [5, 5.41) is 10.2. The Morgan fingerprint density at radius 3 is 2.26 bits per heavy atom. The van der Waals surface area contributed by atoms with Crippen molar-refractivity contribution in [3.63, 3.8) is 0 Å². The Hall–Kier alpha value is -1.35. The molecule has 3 heteroatoms. The molecular weight excluding hydrogens is 238 g/mol. The molecule has 1 saturated heterocycles. The third-order valence-corrected chi connectivity index (χ3v) is 3.79. The lowest BCUT2D eigenvalue weighted by Gasteiger charge is -2.27. The first-order valence-corrected chi connectivity index (χ1v) is 6.91. The van der Waals surface area contributed by atoms with E-state index in [2.05, 4.69) is 6.92 Å². The van der Waals surface area contributed by atoms with Crippen molar-refractivity contribution in [2.75, 3.05) is 4.90 Å². The summed E-state index contributed by atoms with van der Waals surface area (Å²) in [6.07, 6.45) is 1.06. The second-order valence-electron chi connectivity index (χ2n) is 6.51. The molecule has 0 radical (unpaired) electrons. The average Bonchev–Trinajstić information content (AvgIpc) is 2.67. The van der Waals surface area contributed by atoms with Crippen LogP contribution in [0.2, 0.25) is 0 Å². The van der Waals surface area contributed by atoms with Crippen molar-refractivity contribution < 1.29 is 9.90 Å². The lowest BCUT2D eigenvalue weighted by atomic mass is 9.85. The number of benzene rings is 1. The SMILES string of the molecule is C[C@@H]1CCC(=O)N1c1ccc(C(O)C(C)(C)C)cc1. The summed E-state index contributed by atoms with van der Waals surface area (Å²) in [5.74, 6) is 0.191. The molecular formula is C16H23NO2. The maximum atomic E-state index is 11.8. The highest BCUT2D eigenvalue weighted by Crippen LogP contribution is 2.34. The van der Waals surface area contributed by atoms with Crippen molar-refractivity contribution >= 4 is 11.6 Å². The van der Waals surface area contributed by atoms with Gasteiger partial charge in [-0.1, -0.05) is 32.9 Å². The molecule has 1 aromatic rings. The summed E-state index contributed by atoms with van der Waals surface area (Å²) in [5.41, 5.74) is 1.65. The van der Waals surface area contributed by atoms with Gasteiger partial charge in [-0.05, 0) is 36.5 Å². The van der Waals surface area contributed by atoms with Gasteiger partial charge in [0.05, 0.1) is 6.10 Å². The Morgan fingerprint density at radius 2 is 1.84 bits per heavy atom. The van der Waals surface area contributed by atoms with Crippen molar-refractivity contribution in [2.24, 2.45) is 5.41 Å². The highest BCUT2D eigenvalue weighted by molar-refractivity contribution is 5.96. The molecule has 0 spiro atoms. The molecule has 1 N–H and O–H groups in total. The molecule has 1 unspecified atom stereocenters. The van der Waals surface area contributed by atoms with Crippen LogP contribution in [-0.4, -0.2) is 17.1 Å². The molecule has 1 aliphatic heterocycles. The standard InChI is InChI=1S/C16H23NO2/c1-11-5-10-14(18)17(11)13-8-6-12(7-9-13)15(19)16(2,3)4/h6-9,11,15,19H,5,10H2,1-4H3/t11-,15?/m1/s1. The van der Waals surface area contributed by atoms with Crippen LogP contribution in [0, 0.1) is 5.41 Å². The largest absolute Gasteiger partial charge is 0.388 e. The number of anilines is 1. The molecule has 2 atom stereocenters. The Bertz CT molecular complexity index is 459. The number of carbonyl (C=O) groups excluding carboxylic acids is 1. The van der Waals surface area contributed by atoms with Crippen molar-refractivity contribution in [2.45, 2.75) is 52.7 Å². The van der Waals surface area contributed by atoms with Crippen LogP contribution in [-0.2, 0) is 4.79 Å². The summed E-state index contributed by atoms with van der Waals surface area (Å²) >= 11 is 0. The fraction of sp³-hybridized carbons (Fsp3) is 0.562. The summed E-state index contributed by atoms with van der Waals surface area (Å²) < 4.78 is 0. The first-order valence-electron chi connectivity index (χ1n) is 6.91. The molecule has 104 valence electrons. The van der Waals surface area contributed by atoms with Gasteiger partial charge in [0.1, 0.15) is 0 Å². The molecule has 19 heavy (non-hydrogen) atoms. The van der Waals surface area contributed by atoms with Gasteiger partial charge in [0, 0.05) is 18.2 Å². The number of aliphatic hydroxyl groups is 1. The van der Waals surface area contributed by atoms with Crippen molar-refractivity contribution in [3.05, 3.63) is 29.8 Å². The number of hydrogen-bond acceptors (Lipinski definition) is 2. The second kappa shape index (κ2) is 4.97. The topological polar surface area (TPSA) is 40.5 Å². The fourth-order valence-corrected chi connectivity index (χ4v) is 2.54. The van der Waals surface area contributed by atoms with E-state index in [1.54, 1.807) is 0 Å². The van der Waals surface area contributed by atoms with Crippen molar-refractivity contribution in [1.29, 1.82) is 0 Å². The van der Waals surface area contributed by atoms with E-state index in [9.17, 15) is 9.90 Å². The molecule has 2 rings (SSSR count). The van der Waals surface area contributed by atoms with Gasteiger partial charge < -0.3 is 10.0 Å². The van der Waals surface area contributed by atoms with E-state index in [1.165, 1.54) is 0 Å². The van der Waals surface area contributed by atoms with E-state index < -0.39 is 6.10 Å². The van der Waals surface area contributed by atoms with E-state index in [-0.39, 0.29) is 17.4 Å². The Morgan fingerprint density at radius 1 is 1.26 bits per heavy atom. The maximum absolute atomic E-state index is 11.8. The summed E-state index contributed by atoms with van der Waals surface area (Å²) in [6.45, 7) is 8.11. The van der Waals surface area contributed by atoms with Gasteiger partial charge in [0.2, 0.25) is 5.91 Å². The predicted molar refractivity (Wildman–Crippen MR) is 77.0 cm³/mol. The Labute approximate surface area is 115 Å². The minimum atomic E-state index is -0.492. The molecule has 3 nitrogen and oxygen atoms in total. The van der Waals surface area contributed by atoms with Crippen LogP contribution in [0.15, 0.2) is 24.3 Å². The molecule has 0 aliphatic carbocycles. The zero-order chi connectivity index (χ0) is 14.2. The molecule has 0 bridgehead atoms. The molecule has 1 amide bonds. The van der Waals surface area contributed by atoms with Gasteiger partial charge in [-0.2, -0.15) is 0 Å². The molecule has 0 saturated carbocycles. The van der Waals surface area contributed by atoms with Gasteiger partial charge in [-0.3, -0.25) is 4.79 Å². The van der Waals surface area contributed by atoms with Gasteiger partial charge in [0.25, 0.3) is 0 Å². The third-order valence-electron chi connectivity index (χ3n) is 3.79. The zero-order valence-electron chi connectivity index (χ0n) is 12.2. The fourth-order valence-electron chi connectivity index (χ4n) is 2.54. The van der Waals surface area contributed by atoms with E-state index in [1.807, 2.05) is 49.9 Å². The number of aliphatic hydroxyl groups excluding tert-OH is 1. The van der Waals surface area contributed by atoms with Crippen LogP contribution < -0.4 is 4.90 Å². The highest BCUT2D eigenvalue weighted by atomic mass is 16.3. The minimum absolute atomic E-state index is 0.182. The summed E-state index contributed by atoms with van der Waals surface area (Å²) in [7, 11) is 0. The minimum Gasteiger partial charge on any atom is -0.388 e. The Balaban J connectivity index is 2.21. The van der Waals surface area contributed by atoms with Gasteiger partial charge in [-0.15, -0.1) is 0 Å². The van der Waals surface area contributed by atoms with Crippen LogP contribution in [0.3, 0.4) is 0 Å². The quantitative estimate of drug-likeness (QED) is 0.887. The normalized spacial score (nSPS) is 21.8. The maximum Gasteiger partial charge on any atom is 0.227 e. The van der Waals surface area contributed by atoms with E-state index >= 15 is 0 Å². The van der Waals surface area contributed by atoms with Gasteiger partial charge in [0.15, 0.2) is 0 Å². The predicted octanol–water partition coefficient (Wildman–Crippen LogP) is 3.28. The second-order valence-corrected chi connectivity index (χ2v) is 6.51. The number of amides is 1. The monoisotopic (exact) mass is 261 g/mol. The number of nitrogens with zero attached hydrogens (tertiary/aromatic N) is 1. The molecule has 1 aromatic carbocycles. The average molecular weight is 261 g/mol. The van der Waals surface area contributed by atoms with Gasteiger partial charge in [-0.25, -0.2) is 0 Å². The highest BCUT2D eigenvalue weighted by Gasteiger charge is 2.29. The van der Waals surface area contributed by atoms with Crippen LogP contribution in [0.4, 0.5) is 5.69 Å². The van der Waals surface area contributed by atoms with Crippen LogP contribution >= 0.6 is 0 Å². The summed E-state index contributed by atoms with van der Waals surface area (Å²) in [4.78, 5) is 13.7. The zero-order valence-corrected chi connectivity index (χ0v) is 12.2. The first kappa shape index (κ1) is 14.1. The van der Waals surface area contributed by atoms with E-state index in [0.717, 1.165) is 17.7 Å². The van der Waals surface area contributed by atoms with Crippen molar-refractivity contribution in [3.8, 4) is 0 Å². The lowest BCUT2D eigenvalue weighted by molar-refractivity contribution is -0.117. The van der Waals surface area contributed by atoms with E-state index in [4.69, 9.17) is 0 Å². The van der Waals surface area contributed by atoms with Gasteiger partial charge >= 0.3 is 0 Å². The Kier molecular flexibility index (Phi) is 3.68. The molecule has 1 heterocycles. The third kappa shape index (κ3) is 2.81. The van der Waals surface area contributed by atoms with Crippen molar-refractivity contribution in [1.82, 2.24) is 0 Å². The number of hydrogen-bond donors (Lipinski definition) is 1. The van der Waals surface area contributed by atoms with Crippen LogP contribution in [0.1, 0.15) is 52.2 Å². The molecule has 1 aliphatic rings. The van der Waals surface area contributed by atoms with E-state index in [0.29, 0.717) is 6.42 Å². The van der Waals surface area contributed by atoms with Crippen LogP contribution in [0.25, 0.3) is 0 Å². The summed E-state index contributed by atoms with van der Waals surface area (Å²) in [6, 6.07) is 7.98.